The lowest BCUT2D eigenvalue weighted by Crippen LogP contribution is -2.04. The molecular weight excluding hydrogens is 214 g/mol. The number of pyridine rings is 1. The summed E-state index contributed by atoms with van der Waals surface area (Å²) < 4.78 is 5.56. The van der Waals surface area contributed by atoms with Gasteiger partial charge in [-0.2, -0.15) is 0 Å². The van der Waals surface area contributed by atoms with Crippen molar-refractivity contribution in [3.8, 4) is 17.0 Å². The van der Waals surface area contributed by atoms with Crippen LogP contribution in [0.4, 0.5) is 0 Å². The van der Waals surface area contributed by atoms with Crippen molar-refractivity contribution in [1.82, 2.24) is 4.98 Å². The Bertz CT molecular complexity index is 572. The van der Waals surface area contributed by atoms with Crippen LogP contribution in [0.5, 0.6) is 5.75 Å². The van der Waals surface area contributed by atoms with E-state index in [0.29, 0.717) is 6.61 Å². The van der Waals surface area contributed by atoms with Gasteiger partial charge in [-0.15, -0.1) is 0 Å². The van der Waals surface area contributed by atoms with Crippen molar-refractivity contribution in [1.29, 1.82) is 0 Å². The standard InChI is InChI=1S/C14H15NO2/c1-3-17-13-8-7-10(2)9-11(13)12-5-4-6-14(16)15-12/h4-9H,3H2,1-2H3,(H,15,16). The number of rotatable bonds is 3. The summed E-state index contributed by atoms with van der Waals surface area (Å²) in [6.07, 6.45) is 0. The van der Waals surface area contributed by atoms with Crippen LogP contribution in [0, 0.1) is 6.92 Å². The van der Waals surface area contributed by atoms with E-state index in [2.05, 4.69) is 4.98 Å². The third kappa shape index (κ3) is 2.56. The van der Waals surface area contributed by atoms with Crippen molar-refractivity contribution >= 4 is 0 Å². The van der Waals surface area contributed by atoms with Crippen molar-refractivity contribution in [3.05, 3.63) is 52.3 Å². The van der Waals surface area contributed by atoms with E-state index < -0.39 is 0 Å². The van der Waals surface area contributed by atoms with Gasteiger partial charge in [0.25, 0.3) is 0 Å². The first kappa shape index (κ1) is 11.5. The predicted octanol–water partition coefficient (Wildman–Crippen LogP) is 2.75. The summed E-state index contributed by atoms with van der Waals surface area (Å²) in [7, 11) is 0. The van der Waals surface area contributed by atoms with Crippen molar-refractivity contribution in [3.63, 3.8) is 0 Å². The highest BCUT2D eigenvalue weighted by molar-refractivity contribution is 5.67. The van der Waals surface area contributed by atoms with Crippen LogP contribution in [-0.4, -0.2) is 11.6 Å². The van der Waals surface area contributed by atoms with E-state index in [1.165, 1.54) is 6.07 Å². The first-order chi connectivity index (χ1) is 8.20. The molecule has 0 spiro atoms. The number of hydrogen-bond acceptors (Lipinski definition) is 2. The first-order valence-electron chi connectivity index (χ1n) is 5.64. The number of ether oxygens (including phenoxy) is 1. The Hall–Kier alpha value is -2.03. The Labute approximate surface area is 100 Å². The minimum absolute atomic E-state index is 0.105. The van der Waals surface area contributed by atoms with Gasteiger partial charge in [0.1, 0.15) is 5.75 Å². The maximum atomic E-state index is 11.3. The Morgan fingerprint density at radius 2 is 2.06 bits per heavy atom. The highest BCUT2D eigenvalue weighted by Gasteiger charge is 2.06. The van der Waals surface area contributed by atoms with E-state index in [4.69, 9.17) is 4.74 Å². The van der Waals surface area contributed by atoms with E-state index in [-0.39, 0.29) is 5.56 Å². The highest BCUT2D eigenvalue weighted by Crippen LogP contribution is 2.28. The third-order valence-corrected chi connectivity index (χ3v) is 2.49. The molecule has 1 heterocycles. The van der Waals surface area contributed by atoms with Crippen LogP contribution in [0.25, 0.3) is 11.3 Å². The second kappa shape index (κ2) is 4.87. The minimum atomic E-state index is -0.105. The Morgan fingerprint density at radius 1 is 1.24 bits per heavy atom. The Balaban J connectivity index is 2.56. The zero-order chi connectivity index (χ0) is 12.3. The number of H-pyrrole nitrogens is 1. The zero-order valence-electron chi connectivity index (χ0n) is 9.99. The number of hydrogen-bond donors (Lipinski definition) is 1. The fraction of sp³-hybridized carbons (Fsp3) is 0.214. The van der Waals surface area contributed by atoms with Crippen molar-refractivity contribution in [2.24, 2.45) is 0 Å². The van der Waals surface area contributed by atoms with Gasteiger partial charge >= 0.3 is 0 Å². The summed E-state index contributed by atoms with van der Waals surface area (Å²) in [5.74, 6) is 0.792. The topological polar surface area (TPSA) is 42.1 Å². The van der Waals surface area contributed by atoms with Gasteiger partial charge in [-0.25, -0.2) is 0 Å². The molecule has 2 aromatic rings. The van der Waals surface area contributed by atoms with E-state index in [1.807, 2.05) is 38.1 Å². The van der Waals surface area contributed by atoms with Gasteiger partial charge in [-0.1, -0.05) is 17.7 Å². The van der Waals surface area contributed by atoms with Crippen molar-refractivity contribution in [2.75, 3.05) is 6.61 Å². The fourth-order valence-electron chi connectivity index (χ4n) is 1.74. The van der Waals surface area contributed by atoms with Crippen molar-refractivity contribution in [2.45, 2.75) is 13.8 Å². The van der Waals surface area contributed by atoms with Crippen molar-refractivity contribution < 1.29 is 4.74 Å². The van der Waals surface area contributed by atoms with Crippen LogP contribution < -0.4 is 10.3 Å². The average Bonchev–Trinajstić information content (AvgIpc) is 2.32. The lowest BCUT2D eigenvalue weighted by atomic mass is 10.1. The van der Waals surface area contributed by atoms with Crippen LogP contribution in [0.2, 0.25) is 0 Å². The molecule has 17 heavy (non-hydrogen) atoms. The molecule has 0 unspecified atom stereocenters. The van der Waals surface area contributed by atoms with Gasteiger partial charge in [-0.3, -0.25) is 4.79 Å². The van der Waals surface area contributed by atoms with Crippen LogP contribution in [0.15, 0.2) is 41.2 Å². The lowest BCUT2D eigenvalue weighted by Gasteiger charge is -2.10. The van der Waals surface area contributed by atoms with E-state index in [1.54, 1.807) is 6.07 Å². The molecule has 1 aromatic heterocycles. The van der Waals surface area contributed by atoms with Gasteiger partial charge in [0.05, 0.1) is 12.3 Å². The molecule has 3 heteroatoms. The maximum absolute atomic E-state index is 11.3. The number of benzene rings is 1. The summed E-state index contributed by atoms with van der Waals surface area (Å²) >= 11 is 0. The lowest BCUT2D eigenvalue weighted by molar-refractivity contribution is 0.341. The molecule has 2 rings (SSSR count). The molecule has 0 amide bonds. The monoisotopic (exact) mass is 229 g/mol. The second-order valence-electron chi connectivity index (χ2n) is 3.86. The number of aryl methyl sites for hydroxylation is 1. The highest BCUT2D eigenvalue weighted by atomic mass is 16.5. The van der Waals surface area contributed by atoms with Crippen LogP contribution >= 0.6 is 0 Å². The van der Waals surface area contributed by atoms with Gasteiger partial charge in [0.2, 0.25) is 5.56 Å². The number of aromatic nitrogens is 1. The van der Waals surface area contributed by atoms with Gasteiger partial charge in [0, 0.05) is 11.6 Å². The molecule has 0 saturated heterocycles. The fourth-order valence-corrected chi connectivity index (χ4v) is 1.74. The summed E-state index contributed by atoms with van der Waals surface area (Å²) in [6.45, 7) is 4.56. The normalized spacial score (nSPS) is 10.2. The average molecular weight is 229 g/mol. The first-order valence-corrected chi connectivity index (χ1v) is 5.64. The molecule has 0 fully saturated rings. The summed E-state index contributed by atoms with van der Waals surface area (Å²) in [5.41, 5.74) is 2.73. The smallest absolute Gasteiger partial charge is 0.248 e. The Kier molecular flexibility index (Phi) is 3.28. The SMILES string of the molecule is CCOc1ccc(C)cc1-c1cccc(=O)[nH]1. The molecule has 88 valence electrons. The quantitative estimate of drug-likeness (QED) is 0.879. The predicted molar refractivity (Wildman–Crippen MR) is 68.4 cm³/mol. The molecule has 0 aliphatic heterocycles. The van der Waals surface area contributed by atoms with E-state index >= 15 is 0 Å². The molecule has 0 atom stereocenters. The molecule has 0 aliphatic rings. The maximum Gasteiger partial charge on any atom is 0.248 e. The van der Waals surface area contributed by atoms with Crippen LogP contribution in [-0.2, 0) is 0 Å². The zero-order valence-corrected chi connectivity index (χ0v) is 9.99. The molecule has 0 saturated carbocycles. The van der Waals surface area contributed by atoms with E-state index in [9.17, 15) is 4.79 Å². The molecule has 0 aliphatic carbocycles. The molecule has 0 bridgehead atoms. The van der Waals surface area contributed by atoms with Gasteiger partial charge in [-0.05, 0) is 32.0 Å². The van der Waals surface area contributed by atoms with Crippen LogP contribution in [0.1, 0.15) is 12.5 Å². The number of nitrogens with one attached hydrogen (secondary N) is 1. The van der Waals surface area contributed by atoms with Crippen LogP contribution in [0.3, 0.4) is 0 Å². The van der Waals surface area contributed by atoms with Gasteiger partial charge < -0.3 is 9.72 Å². The van der Waals surface area contributed by atoms with Gasteiger partial charge in [0.15, 0.2) is 0 Å². The summed E-state index contributed by atoms with van der Waals surface area (Å²) in [6, 6.07) is 11.1. The minimum Gasteiger partial charge on any atom is -0.493 e. The molecule has 1 N–H and O–H groups in total. The third-order valence-electron chi connectivity index (χ3n) is 2.49. The summed E-state index contributed by atoms with van der Waals surface area (Å²) in [4.78, 5) is 14.1. The second-order valence-corrected chi connectivity index (χ2v) is 3.86. The summed E-state index contributed by atoms with van der Waals surface area (Å²) in [5, 5.41) is 0. The molecule has 1 aromatic carbocycles. The Morgan fingerprint density at radius 3 is 2.76 bits per heavy atom. The molecule has 0 radical (unpaired) electrons. The molecule has 3 nitrogen and oxygen atoms in total. The van der Waals surface area contributed by atoms with E-state index in [0.717, 1.165) is 22.6 Å². The number of aromatic amines is 1. The molecular formula is C14H15NO2. The largest absolute Gasteiger partial charge is 0.493 e.